The van der Waals surface area contributed by atoms with Gasteiger partial charge in [-0.25, -0.2) is 4.98 Å². The number of nitrogens with one attached hydrogen (secondary N) is 1. The molecule has 4 rings (SSSR count). The van der Waals surface area contributed by atoms with Crippen LogP contribution in [-0.4, -0.2) is 59.8 Å². The summed E-state index contributed by atoms with van der Waals surface area (Å²) in [6.07, 6.45) is 1.94. The van der Waals surface area contributed by atoms with Crippen molar-refractivity contribution >= 4 is 28.3 Å². The molecular weight excluding hydrogens is 396 g/mol. The number of thiazole rings is 1. The fraction of sp³-hybridized carbons (Fsp3) is 0.522. The first-order valence-corrected chi connectivity index (χ1v) is 11.5. The first-order chi connectivity index (χ1) is 14.4. The van der Waals surface area contributed by atoms with Gasteiger partial charge in [0.15, 0.2) is 5.13 Å². The van der Waals surface area contributed by atoms with E-state index in [-0.39, 0.29) is 23.1 Å². The minimum absolute atomic E-state index is 0.00251. The van der Waals surface area contributed by atoms with Crippen LogP contribution in [0.2, 0.25) is 0 Å². The molecule has 30 heavy (non-hydrogen) atoms. The second-order valence-electron chi connectivity index (χ2n) is 8.89. The van der Waals surface area contributed by atoms with E-state index in [0.29, 0.717) is 24.7 Å². The Morgan fingerprint density at radius 2 is 1.90 bits per heavy atom. The molecule has 160 valence electrons. The number of hydrogen-bond acceptors (Lipinski definition) is 5. The monoisotopic (exact) mass is 426 g/mol. The van der Waals surface area contributed by atoms with Gasteiger partial charge in [-0.2, -0.15) is 0 Å². The number of aromatic nitrogens is 1. The van der Waals surface area contributed by atoms with E-state index >= 15 is 0 Å². The Morgan fingerprint density at radius 3 is 2.57 bits per heavy atom. The van der Waals surface area contributed by atoms with Gasteiger partial charge in [0.1, 0.15) is 5.69 Å². The van der Waals surface area contributed by atoms with Gasteiger partial charge in [0.05, 0.1) is 0 Å². The van der Waals surface area contributed by atoms with Crippen LogP contribution in [0.3, 0.4) is 0 Å². The van der Waals surface area contributed by atoms with E-state index in [1.807, 2.05) is 42.1 Å². The molecule has 6 nitrogen and oxygen atoms in total. The van der Waals surface area contributed by atoms with Crippen molar-refractivity contribution in [2.24, 2.45) is 17.3 Å². The summed E-state index contributed by atoms with van der Waals surface area (Å²) in [4.78, 5) is 34.2. The van der Waals surface area contributed by atoms with Crippen LogP contribution in [0.5, 0.6) is 0 Å². The van der Waals surface area contributed by atoms with E-state index in [2.05, 4.69) is 34.6 Å². The van der Waals surface area contributed by atoms with E-state index in [1.165, 1.54) is 16.9 Å². The Balaban J connectivity index is 1.53. The molecule has 3 heterocycles. The standard InChI is InChI=1S/C23H30N4O2S/c1-16(2)20(28)26-11-18-12-27(21(29)19-13-30-22(24-3)25-19)15-23(18,14-26)10-9-17-7-5-4-6-8-17/h4-8,13,16,18H,9-12,14-15H2,1-3H3,(H,24,25)/t18-,23+/m1/s1. The summed E-state index contributed by atoms with van der Waals surface area (Å²) in [5, 5.41) is 5.58. The third kappa shape index (κ3) is 3.95. The molecule has 2 saturated heterocycles. The quantitative estimate of drug-likeness (QED) is 0.769. The van der Waals surface area contributed by atoms with Crippen molar-refractivity contribution in [3.05, 3.63) is 47.0 Å². The van der Waals surface area contributed by atoms with Gasteiger partial charge in [0, 0.05) is 55.9 Å². The van der Waals surface area contributed by atoms with Gasteiger partial charge in [0.25, 0.3) is 5.91 Å². The number of fused-ring (bicyclic) bond motifs is 1. The van der Waals surface area contributed by atoms with Crippen LogP contribution in [0, 0.1) is 17.3 Å². The first kappa shape index (κ1) is 20.8. The molecule has 0 saturated carbocycles. The predicted octanol–water partition coefficient (Wildman–Crippen LogP) is 3.37. The molecule has 2 aliphatic rings. The molecule has 0 unspecified atom stereocenters. The van der Waals surface area contributed by atoms with Gasteiger partial charge in [0.2, 0.25) is 5.91 Å². The second kappa shape index (κ2) is 8.38. The summed E-state index contributed by atoms with van der Waals surface area (Å²) < 4.78 is 0. The molecule has 2 aliphatic heterocycles. The van der Waals surface area contributed by atoms with Crippen LogP contribution in [0.1, 0.15) is 36.3 Å². The van der Waals surface area contributed by atoms with Crippen molar-refractivity contribution in [1.29, 1.82) is 0 Å². The number of nitrogens with zero attached hydrogens (tertiary/aromatic N) is 3. The molecule has 0 aliphatic carbocycles. The minimum Gasteiger partial charge on any atom is -0.365 e. The molecular formula is C23H30N4O2S. The summed E-state index contributed by atoms with van der Waals surface area (Å²) in [6, 6.07) is 10.5. The minimum atomic E-state index is -0.0437. The SMILES string of the molecule is CNc1nc(C(=O)N2C[C@H]3CN(C(=O)C(C)C)C[C@@]3(CCc3ccccc3)C2)cs1. The zero-order chi connectivity index (χ0) is 21.3. The largest absolute Gasteiger partial charge is 0.365 e. The normalized spacial score (nSPS) is 23.1. The van der Waals surface area contributed by atoms with Gasteiger partial charge < -0.3 is 15.1 Å². The van der Waals surface area contributed by atoms with E-state index in [1.54, 1.807) is 0 Å². The van der Waals surface area contributed by atoms with Gasteiger partial charge in [-0.05, 0) is 18.4 Å². The number of amides is 2. The van der Waals surface area contributed by atoms with Crippen molar-refractivity contribution in [3.8, 4) is 0 Å². The van der Waals surface area contributed by atoms with Crippen LogP contribution in [-0.2, 0) is 11.2 Å². The Bertz CT molecular complexity index is 913. The third-order valence-corrected chi connectivity index (χ3v) is 7.40. The van der Waals surface area contributed by atoms with Gasteiger partial charge in [-0.3, -0.25) is 9.59 Å². The smallest absolute Gasteiger partial charge is 0.273 e. The van der Waals surface area contributed by atoms with Crippen LogP contribution in [0.25, 0.3) is 0 Å². The molecule has 0 spiro atoms. The van der Waals surface area contributed by atoms with E-state index in [0.717, 1.165) is 31.1 Å². The first-order valence-electron chi connectivity index (χ1n) is 10.7. The Morgan fingerprint density at radius 1 is 1.20 bits per heavy atom. The number of likely N-dealkylation sites (tertiary alicyclic amines) is 2. The van der Waals surface area contributed by atoms with E-state index in [4.69, 9.17) is 0 Å². The molecule has 2 aromatic rings. The summed E-state index contributed by atoms with van der Waals surface area (Å²) in [7, 11) is 1.81. The Hall–Kier alpha value is -2.41. The number of anilines is 1. The van der Waals surface area contributed by atoms with E-state index in [9.17, 15) is 9.59 Å². The fourth-order valence-corrected chi connectivity index (χ4v) is 5.56. The molecule has 1 aromatic heterocycles. The van der Waals surface area contributed by atoms with Crippen molar-refractivity contribution in [2.45, 2.75) is 26.7 Å². The van der Waals surface area contributed by atoms with E-state index < -0.39 is 0 Å². The molecule has 1 N–H and O–H groups in total. The Labute approximate surface area is 182 Å². The second-order valence-corrected chi connectivity index (χ2v) is 9.75. The molecule has 2 amide bonds. The molecule has 2 atom stereocenters. The van der Waals surface area contributed by atoms with Crippen LogP contribution >= 0.6 is 11.3 Å². The highest BCUT2D eigenvalue weighted by atomic mass is 32.1. The lowest BCUT2D eigenvalue weighted by Gasteiger charge is -2.30. The number of carbonyl (C=O) groups is 2. The zero-order valence-electron chi connectivity index (χ0n) is 17.9. The van der Waals surface area contributed by atoms with Gasteiger partial charge in [-0.15, -0.1) is 11.3 Å². The van der Waals surface area contributed by atoms with Crippen molar-refractivity contribution in [3.63, 3.8) is 0 Å². The summed E-state index contributed by atoms with van der Waals surface area (Å²) in [5.41, 5.74) is 1.78. The summed E-state index contributed by atoms with van der Waals surface area (Å²) >= 11 is 1.45. The third-order valence-electron chi connectivity index (χ3n) is 6.54. The molecule has 0 bridgehead atoms. The van der Waals surface area contributed by atoms with Crippen LogP contribution in [0.4, 0.5) is 5.13 Å². The lowest BCUT2D eigenvalue weighted by atomic mass is 9.76. The van der Waals surface area contributed by atoms with Crippen LogP contribution < -0.4 is 5.32 Å². The number of rotatable bonds is 6. The lowest BCUT2D eigenvalue weighted by molar-refractivity contribution is -0.134. The average molecular weight is 427 g/mol. The fourth-order valence-electron chi connectivity index (χ4n) is 4.91. The Kier molecular flexibility index (Phi) is 5.82. The highest BCUT2D eigenvalue weighted by Crippen LogP contribution is 2.46. The molecule has 2 fully saturated rings. The van der Waals surface area contributed by atoms with Crippen molar-refractivity contribution < 1.29 is 9.59 Å². The molecule has 7 heteroatoms. The molecule has 1 aromatic carbocycles. The van der Waals surface area contributed by atoms with Crippen molar-refractivity contribution in [1.82, 2.24) is 14.8 Å². The van der Waals surface area contributed by atoms with Gasteiger partial charge >= 0.3 is 0 Å². The summed E-state index contributed by atoms with van der Waals surface area (Å²) in [6.45, 7) is 6.80. The molecule has 0 radical (unpaired) electrons. The predicted molar refractivity (Wildman–Crippen MR) is 120 cm³/mol. The average Bonchev–Trinajstić information content (AvgIpc) is 3.44. The van der Waals surface area contributed by atoms with Crippen LogP contribution in [0.15, 0.2) is 35.7 Å². The number of aryl methyl sites for hydroxylation is 1. The number of hydrogen-bond donors (Lipinski definition) is 1. The maximum Gasteiger partial charge on any atom is 0.273 e. The van der Waals surface area contributed by atoms with Crippen molar-refractivity contribution in [2.75, 3.05) is 38.5 Å². The lowest BCUT2D eigenvalue weighted by Crippen LogP contribution is -2.40. The number of carbonyl (C=O) groups excluding carboxylic acids is 2. The topological polar surface area (TPSA) is 65.5 Å². The zero-order valence-corrected chi connectivity index (χ0v) is 18.7. The van der Waals surface area contributed by atoms with Gasteiger partial charge in [-0.1, -0.05) is 44.2 Å². The number of benzene rings is 1. The summed E-state index contributed by atoms with van der Waals surface area (Å²) in [5.74, 6) is 0.542. The highest BCUT2D eigenvalue weighted by Gasteiger charge is 2.54. The highest BCUT2D eigenvalue weighted by molar-refractivity contribution is 7.13. The maximum atomic E-state index is 13.1. The maximum absolute atomic E-state index is 13.1.